The van der Waals surface area contributed by atoms with E-state index in [2.05, 4.69) is 76.1 Å². The van der Waals surface area contributed by atoms with Gasteiger partial charge < -0.3 is 5.32 Å². The average molecular weight is 290 g/mol. The number of benzene rings is 1. The van der Waals surface area contributed by atoms with Gasteiger partial charge in [0.1, 0.15) is 0 Å². The zero-order valence-electron chi connectivity index (χ0n) is 14.8. The van der Waals surface area contributed by atoms with Gasteiger partial charge in [0.25, 0.3) is 0 Å². The molecule has 1 N–H and O–H groups in total. The van der Waals surface area contributed by atoms with Crippen molar-refractivity contribution >= 4 is 5.69 Å². The number of hydrogen-bond acceptors (Lipinski definition) is 2. The Balaban J connectivity index is 2.74. The van der Waals surface area contributed by atoms with E-state index < -0.39 is 0 Å². The summed E-state index contributed by atoms with van der Waals surface area (Å²) in [5, 5.41) is 3.44. The number of anilines is 1. The molecule has 0 aliphatic carbocycles. The van der Waals surface area contributed by atoms with Crippen LogP contribution in [0.4, 0.5) is 5.69 Å². The maximum absolute atomic E-state index is 3.44. The van der Waals surface area contributed by atoms with Crippen LogP contribution in [0.1, 0.15) is 65.5 Å². The van der Waals surface area contributed by atoms with Crippen LogP contribution in [-0.4, -0.2) is 24.5 Å². The molecule has 1 aromatic rings. The van der Waals surface area contributed by atoms with E-state index >= 15 is 0 Å². The van der Waals surface area contributed by atoms with Gasteiger partial charge in [0.05, 0.1) is 0 Å². The molecule has 2 nitrogen and oxygen atoms in total. The highest BCUT2D eigenvalue weighted by Crippen LogP contribution is 2.27. The summed E-state index contributed by atoms with van der Waals surface area (Å²) >= 11 is 0. The Morgan fingerprint density at radius 1 is 1.05 bits per heavy atom. The van der Waals surface area contributed by atoms with Crippen LogP contribution >= 0.6 is 0 Å². The smallest absolute Gasteiger partial charge is 0.0345 e. The van der Waals surface area contributed by atoms with Crippen LogP contribution in [0.5, 0.6) is 0 Å². The number of hydrogen-bond donors (Lipinski definition) is 1. The highest BCUT2D eigenvalue weighted by Gasteiger charge is 2.20. The number of nitrogens with one attached hydrogen (secondary N) is 1. The first kappa shape index (κ1) is 18.0. The van der Waals surface area contributed by atoms with Gasteiger partial charge in [0, 0.05) is 24.3 Å². The lowest BCUT2D eigenvalue weighted by molar-refractivity contribution is 0.161. The minimum absolute atomic E-state index is 0.513. The van der Waals surface area contributed by atoms with Gasteiger partial charge in [0.2, 0.25) is 0 Å². The van der Waals surface area contributed by atoms with Crippen LogP contribution < -0.4 is 5.32 Å². The molecule has 0 saturated carbocycles. The lowest BCUT2D eigenvalue weighted by Gasteiger charge is -2.34. The van der Waals surface area contributed by atoms with Crippen molar-refractivity contribution < 1.29 is 0 Å². The molecule has 2 unspecified atom stereocenters. The first-order valence-electron chi connectivity index (χ1n) is 8.55. The van der Waals surface area contributed by atoms with Crippen LogP contribution in [0, 0.1) is 5.92 Å². The summed E-state index contributed by atoms with van der Waals surface area (Å²) in [4.78, 5) is 2.54. The van der Waals surface area contributed by atoms with E-state index in [1.165, 1.54) is 17.7 Å². The Kier molecular flexibility index (Phi) is 7.81. The molecule has 0 spiro atoms. The summed E-state index contributed by atoms with van der Waals surface area (Å²) in [6, 6.07) is 10.1. The number of rotatable bonds is 9. The van der Waals surface area contributed by atoms with E-state index in [0.717, 1.165) is 25.3 Å². The van der Waals surface area contributed by atoms with Gasteiger partial charge >= 0.3 is 0 Å². The van der Waals surface area contributed by atoms with Gasteiger partial charge in [0.15, 0.2) is 0 Å². The van der Waals surface area contributed by atoms with Crippen molar-refractivity contribution in [3.05, 3.63) is 29.8 Å². The van der Waals surface area contributed by atoms with Gasteiger partial charge in [-0.2, -0.15) is 0 Å². The Morgan fingerprint density at radius 2 is 1.67 bits per heavy atom. The van der Waals surface area contributed by atoms with E-state index in [4.69, 9.17) is 0 Å². The summed E-state index contributed by atoms with van der Waals surface area (Å²) in [6.07, 6.45) is 3.57. The first-order valence-corrected chi connectivity index (χ1v) is 8.55. The molecule has 0 amide bonds. The molecule has 2 heteroatoms. The van der Waals surface area contributed by atoms with Crippen molar-refractivity contribution in [1.29, 1.82) is 0 Å². The van der Waals surface area contributed by atoms with Crippen molar-refractivity contribution in [3.8, 4) is 0 Å². The summed E-state index contributed by atoms with van der Waals surface area (Å²) in [5.74, 6) is 0.751. The molecular formula is C19H34N2. The highest BCUT2D eigenvalue weighted by atomic mass is 15.2. The van der Waals surface area contributed by atoms with Crippen LogP contribution in [0.3, 0.4) is 0 Å². The molecular weight excluding hydrogens is 256 g/mol. The topological polar surface area (TPSA) is 15.3 Å². The van der Waals surface area contributed by atoms with E-state index in [0.29, 0.717) is 12.1 Å². The lowest BCUT2D eigenvalue weighted by atomic mass is 9.98. The van der Waals surface area contributed by atoms with Gasteiger partial charge in [-0.3, -0.25) is 4.90 Å². The molecule has 1 rings (SSSR count). The molecule has 21 heavy (non-hydrogen) atoms. The molecule has 0 heterocycles. The summed E-state index contributed by atoms with van der Waals surface area (Å²) in [5.41, 5.74) is 2.66. The minimum atomic E-state index is 0.513. The fraction of sp³-hybridized carbons (Fsp3) is 0.684. The maximum atomic E-state index is 3.44. The third-order valence-corrected chi connectivity index (χ3v) is 4.26. The van der Waals surface area contributed by atoms with E-state index in [-0.39, 0.29) is 0 Å². The van der Waals surface area contributed by atoms with Gasteiger partial charge in [-0.25, -0.2) is 0 Å². The van der Waals surface area contributed by atoms with E-state index in [9.17, 15) is 0 Å². The van der Waals surface area contributed by atoms with Crippen LogP contribution in [0.2, 0.25) is 0 Å². The Labute approximate surface area is 131 Å². The average Bonchev–Trinajstić information content (AvgIpc) is 2.46. The predicted molar refractivity (Wildman–Crippen MR) is 94.9 cm³/mol. The normalized spacial score (nSPS) is 14.5. The molecule has 0 bridgehead atoms. The second-order valence-electron chi connectivity index (χ2n) is 6.62. The van der Waals surface area contributed by atoms with Gasteiger partial charge in [-0.1, -0.05) is 39.8 Å². The third-order valence-electron chi connectivity index (χ3n) is 4.26. The molecule has 0 aliphatic rings. The minimum Gasteiger partial charge on any atom is -0.385 e. The van der Waals surface area contributed by atoms with Crippen molar-refractivity contribution in [1.82, 2.24) is 4.90 Å². The van der Waals surface area contributed by atoms with Crippen molar-refractivity contribution in [3.63, 3.8) is 0 Å². The van der Waals surface area contributed by atoms with Crippen LogP contribution in [-0.2, 0) is 0 Å². The summed E-state index contributed by atoms with van der Waals surface area (Å²) < 4.78 is 0. The standard InChI is InChI=1S/C19H34N2/c1-7-13-20-18-11-9-17(10-12-18)19(8-2)21(6)16(5)14-15(3)4/h9-12,15-16,19-20H,7-8,13-14H2,1-6H3. The second-order valence-corrected chi connectivity index (χ2v) is 6.62. The van der Waals surface area contributed by atoms with Gasteiger partial charge in [-0.15, -0.1) is 0 Å². The number of nitrogens with zero attached hydrogens (tertiary/aromatic N) is 1. The Morgan fingerprint density at radius 3 is 2.14 bits per heavy atom. The fourth-order valence-electron chi connectivity index (χ4n) is 3.01. The maximum Gasteiger partial charge on any atom is 0.0345 e. The monoisotopic (exact) mass is 290 g/mol. The zero-order valence-corrected chi connectivity index (χ0v) is 14.8. The van der Waals surface area contributed by atoms with Crippen molar-refractivity contribution in [2.45, 2.75) is 66.0 Å². The molecule has 1 aromatic carbocycles. The lowest BCUT2D eigenvalue weighted by Crippen LogP contribution is -2.33. The Bertz CT molecular complexity index is 383. The van der Waals surface area contributed by atoms with Crippen molar-refractivity contribution in [2.24, 2.45) is 5.92 Å². The first-order chi connectivity index (χ1) is 9.99. The fourth-order valence-corrected chi connectivity index (χ4v) is 3.01. The highest BCUT2D eigenvalue weighted by molar-refractivity contribution is 5.45. The molecule has 120 valence electrons. The Hall–Kier alpha value is -1.02. The van der Waals surface area contributed by atoms with Gasteiger partial charge in [-0.05, 0) is 56.8 Å². The zero-order chi connectivity index (χ0) is 15.8. The molecule has 0 saturated heterocycles. The summed E-state index contributed by atoms with van der Waals surface area (Å²) in [6.45, 7) is 12.5. The van der Waals surface area contributed by atoms with Crippen LogP contribution in [0.15, 0.2) is 24.3 Å². The quantitative estimate of drug-likeness (QED) is 0.661. The van der Waals surface area contributed by atoms with Crippen molar-refractivity contribution in [2.75, 3.05) is 18.9 Å². The SMILES string of the molecule is CCCNc1ccc(C(CC)N(C)C(C)CC(C)C)cc1. The molecule has 0 radical (unpaired) electrons. The van der Waals surface area contributed by atoms with Crippen LogP contribution in [0.25, 0.3) is 0 Å². The molecule has 2 atom stereocenters. The third kappa shape index (κ3) is 5.70. The molecule has 0 aromatic heterocycles. The predicted octanol–water partition coefficient (Wildman–Crippen LogP) is 5.33. The van der Waals surface area contributed by atoms with E-state index in [1.54, 1.807) is 0 Å². The summed E-state index contributed by atoms with van der Waals surface area (Å²) in [7, 11) is 2.27. The largest absolute Gasteiger partial charge is 0.385 e. The molecule has 0 aliphatic heterocycles. The second kappa shape index (κ2) is 9.09. The molecule has 0 fully saturated rings. The van der Waals surface area contributed by atoms with E-state index in [1.807, 2.05) is 0 Å².